The second-order valence-electron chi connectivity index (χ2n) is 6.41. The van der Waals surface area contributed by atoms with Gasteiger partial charge in [0.05, 0.1) is 17.0 Å². The van der Waals surface area contributed by atoms with Crippen molar-refractivity contribution in [2.24, 2.45) is 0 Å². The van der Waals surface area contributed by atoms with Gasteiger partial charge in [-0.1, -0.05) is 23.9 Å². The standard InChI is InChI=1S/C19H18N4O3S/c24-16(12-27-19-20-9-5-10-21-19)23-14-7-2-1-6-13(14)17(25)22-11-4-3-8-15(22)18(23)26/h1-2,5-7,9-10,15H,3-4,8,11-12H2/t15-/m0/s1. The first-order valence-corrected chi connectivity index (χ1v) is 9.82. The first-order chi connectivity index (χ1) is 13.2. The topological polar surface area (TPSA) is 83.5 Å². The van der Waals surface area contributed by atoms with Crippen LogP contribution in [0.25, 0.3) is 0 Å². The van der Waals surface area contributed by atoms with Gasteiger partial charge in [-0.3, -0.25) is 14.4 Å². The molecule has 0 bridgehead atoms. The van der Waals surface area contributed by atoms with Crippen LogP contribution in [0.15, 0.2) is 47.9 Å². The van der Waals surface area contributed by atoms with Crippen molar-refractivity contribution in [2.75, 3.05) is 17.2 Å². The van der Waals surface area contributed by atoms with Crippen LogP contribution in [0.2, 0.25) is 0 Å². The van der Waals surface area contributed by atoms with E-state index in [1.54, 1.807) is 47.6 Å². The monoisotopic (exact) mass is 382 g/mol. The molecule has 1 fully saturated rings. The Bertz CT molecular complexity index is 890. The molecule has 1 saturated heterocycles. The fraction of sp³-hybridized carbons (Fsp3) is 0.316. The van der Waals surface area contributed by atoms with Gasteiger partial charge in [-0.2, -0.15) is 0 Å². The second kappa shape index (κ2) is 7.48. The number of hydrogen-bond donors (Lipinski definition) is 0. The van der Waals surface area contributed by atoms with Gasteiger partial charge in [-0.25, -0.2) is 14.9 Å². The predicted molar refractivity (Wildman–Crippen MR) is 100 cm³/mol. The minimum absolute atomic E-state index is 0.0188. The largest absolute Gasteiger partial charge is 0.327 e. The lowest BCUT2D eigenvalue weighted by Gasteiger charge is -2.33. The van der Waals surface area contributed by atoms with Crippen LogP contribution in [0.5, 0.6) is 0 Å². The third kappa shape index (κ3) is 3.32. The molecule has 1 atom stereocenters. The fourth-order valence-corrected chi connectivity index (χ4v) is 4.16. The number of hydrogen-bond acceptors (Lipinski definition) is 6. The molecule has 4 rings (SSSR count). The Morgan fingerprint density at radius 1 is 1.11 bits per heavy atom. The van der Waals surface area contributed by atoms with Crippen LogP contribution in [0.4, 0.5) is 5.69 Å². The second-order valence-corrected chi connectivity index (χ2v) is 7.36. The van der Waals surface area contributed by atoms with Crippen molar-refractivity contribution in [1.82, 2.24) is 14.9 Å². The van der Waals surface area contributed by atoms with Gasteiger partial charge in [0.1, 0.15) is 6.04 Å². The molecule has 2 aliphatic heterocycles. The number of para-hydroxylation sites is 1. The lowest BCUT2D eigenvalue weighted by molar-refractivity contribution is -0.128. The number of imide groups is 1. The van der Waals surface area contributed by atoms with E-state index < -0.39 is 6.04 Å². The molecule has 3 heterocycles. The van der Waals surface area contributed by atoms with E-state index in [0.29, 0.717) is 29.4 Å². The van der Waals surface area contributed by atoms with Crippen LogP contribution in [-0.4, -0.2) is 50.9 Å². The number of thioether (sulfide) groups is 1. The molecule has 0 saturated carbocycles. The molecule has 0 aliphatic carbocycles. The molecule has 2 aliphatic rings. The highest BCUT2D eigenvalue weighted by molar-refractivity contribution is 7.99. The summed E-state index contributed by atoms with van der Waals surface area (Å²) in [5, 5.41) is 0.469. The molecule has 0 radical (unpaired) electrons. The number of carbonyl (C=O) groups excluding carboxylic acids is 3. The summed E-state index contributed by atoms with van der Waals surface area (Å²) in [6.07, 6.45) is 5.52. The van der Waals surface area contributed by atoms with Gasteiger partial charge in [-0.05, 0) is 37.5 Å². The zero-order valence-corrected chi connectivity index (χ0v) is 15.4. The molecule has 0 unspecified atom stereocenters. The molecule has 7 nitrogen and oxygen atoms in total. The highest BCUT2D eigenvalue weighted by Gasteiger charge is 2.42. The van der Waals surface area contributed by atoms with Crippen LogP contribution in [0.1, 0.15) is 29.6 Å². The van der Waals surface area contributed by atoms with Crippen LogP contribution in [0.3, 0.4) is 0 Å². The number of piperidine rings is 1. The number of amides is 3. The van der Waals surface area contributed by atoms with E-state index in [2.05, 4.69) is 9.97 Å². The summed E-state index contributed by atoms with van der Waals surface area (Å²) in [6.45, 7) is 0.540. The molecule has 1 aromatic heterocycles. The Morgan fingerprint density at radius 3 is 2.70 bits per heavy atom. The summed E-state index contributed by atoms with van der Waals surface area (Å²) in [5.74, 6) is -0.860. The van der Waals surface area contributed by atoms with Gasteiger partial charge in [0, 0.05) is 18.9 Å². The molecule has 0 spiro atoms. The first-order valence-electron chi connectivity index (χ1n) is 8.83. The van der Waals surface area contributed by atoms with Gasteiger partial charge < -0.3 is 4.90 Å². The smallest absolute Gasteiger partial charge is 0.256 e. The maximum absolute atomic E-state index is 13.2. The SMILES string of the molecule is O=C(CSc1ncccn1)N1C(=O)[C@@H]2CCCCN2C(=O)c2ccccc21. The average Bonchev–Trinajstić information content (AvgIpc) is 2.81. The quantitative estimate of drug-likeness (QED) is 0.597. The predicted octanol–water partition coefficient (Wildman–Crippen LogP) is 2.14. The number of carbonyl (C=O) groups is 3. The highest BCUT2D eigenvalue weighted by Crippen LogP contribution is 2.32. The van der Waals surface area contributed by atoms with Gasteiger partial charge in [0.25, 0.3) is 11.8 Å². The van der Waals surface area contributed by atoms with Crippen molar-refractivity contribution >= 4 is 35.2 Å². The molecule has 3 amide bonds. The Labute approximate surface area is 160 Å². The van der Waals surface area contributed by atoms with Crippen LogP contribution in [0, 0.1) is 0 Å². The molecule has 8 heteroatoms. The van der Waals surface area contributed by atoms with Crippen molar-refractivity contribution in [1.29, 1.82) is 0 Å². The van der Waals surface area contributed by atoms with Crippen molar-refractivity contribution in [2.45, 2.75) is 30.5 Å². The third-order valence-electron chi connectivity index (χ3n) is 4.76. The Balaban J connectivity index is 1.67. The van der Waals surface area contributed by atoms with Crippen LogP contribution < -0.4 is 4.90 Å². The van der Waals surface area contributed by atoms with E-state index in [1.807, 2.05) is 0 Å². The number of benzene rings is 1. The third-order valence-corrected chi connectivity index (χ3v) is 5.62. The number of anilines is 1. The summed E-state index contributed by atoms with van der Waals surface area (Å²) >= 11 is 1.17. The van der Waals surface area contributed by atoms with Gasteiger partial charge >= 0.3 is 0 Å². The molecule has 0 N–H and O–H groups in total. The maximum Gasteiger partial charge on any atom is 0.256 e. The van der Waals surface area contributed by atoms with E-state index in [0.717, 1.165) is 12.8 Å². The minimum atomic E-state index is -0.583. The maximum atomic E-state index is 13.2. The van der Waals surface area contributed by atoms with Crippen molar-refractivity contribution in [3.8, 4) is 0 Å². The number of nitrogens with zero attached hydrogens (tertiary/aromatic N) is 4. The molecule has 138 valence electrons. The van der Waals surface area contributed by atoms with Gasteiger partial charge in [-0.15, -0.1) is 0 Å². The number of rotatable bonds is 3. The van der Waals surface area contributed by atoms with E-state index in [4.69, 9.17) is 0 Å². The summed E-state index contributed by atoms with van der Waals surface area (Å²) in [6, 6.07) is 7.93. The zero-order chi connectivity index (χ0) is 18.8. The van der Waals surface area contributed by atoms with Crippen molar-refractivity contribution in [3.05, 3.63) is 48.3 Å². The normalized spacial score (nSPS) is 19.3. The van der Waals surface area contributed by atoms with E-state index in [1.165, 1.54) is 16.7 Å². The van der Waals surface area contributed by atoms with Crippen molar-refractivity contribution in [3.63, 3.8) is 0 Å². The molecular weight excluding hydrogens is 364 g/mol. The Morgan fingerprint density at radius 2 is 1.89 bits per heavy atom. The van der Waals surface area contributed by atoms with E-state index >= 15 is 0 Å². The summed E-state index contributed by atoms with van der Waals surface area (Å²) in [4.78, 5) is 50.1. The van der Waals surface area contributed by atoms with Gasteiger partial charge in [0.15, 0.2) is 5.16 Å². The highest BCUT2D eigenvalue weighted by atomic mass is 32.2. The lowest BCUT2D eigenvalue weighted by atomic mass is 10.0. The summed E-state index contributed by atoms with van der Waals surface area (Å²) < 4.78 is 0. The van der Waals surface area contributed by atoms with Crippen molar-refractivity contribution < 1.29 is 14.4 Å². The van der Waals surface area contributed by atoms with Crippen LogP contribution >= 0.6 is 11.8 Å². The van der Waals surface area contributed by atoms with Gasteiger partial charge in [0.2, 0.25) is 5.91 Å². The lowest BCUT2D eigenvalue weighted by Crippen LogP contribution is -2.52. The summed E-state index contributed by atoms with van der Waals surface area (Å²) in [5.41, 5.74) is 0.756. The number of fused-ring (bicyclic) bond motifs is 2. The molecule has 27 heavy (non-hydrogen) atoms. The molecular formula is C19H18N4O3S. The Kier molecular flexibility index (Phi) is 4.89. The molecule has 2 aromatic rings. The van der Waals surface area contributed by atoms with E-state index in [-0.39, 0.29) is 23.5 Å². The fourth-order valence-electron chi connectivity index (χ4n) is 3.51. The summed E-state index contributed by atoms with van der Waals surface area (Å²) in [7, 11) is 0. The number of aromatic nitrogens is 2. The first kappa shape index (κ1) is 17.7. The molecule has 1 aromatic carbocycles. The van der Waals surface area contributed by atoms with Crippen LogP contribution in [-0.2, 0) is 9.59 Å². The van der Waals surface area contributed by atoms with E-state index in [9.17, 15) is 14.4 Å². The minimum Gasteiger partial charge on any atom is -0.327 e. The average molecular weight is 382 g/mol. The Hall–Kier alpha value is -2.74. The zero-order valence-electron chi connectivity index (χ0n) is 14.6.